The molecule has 1 heteroatoms. The lowest BCUT2D eigenvalue weighted by molar-refractivity contribution is 0.637. The van der Waals surface area contributed by atoms with Crippen molar-refractivity contribution in [1.82, 2.24) is 0 Å². The first-order chi connectivity index (χ1) is 7.69. The number of fused-ring (bicyclic) bond motifs is 2. The first-order valence-corrected chi connectivity index (χ1v) is 5.57. The van der Waals surface area contributed by atoms with E-state index < -0.39 is 0 Å². The quantitative estimate of drug-likeness (QED) is 0.693. The SMILES string of the molecule is CC1(C)c2[c]cccc2Nc2ccccc21. The van der Waals surface area contributed by atoms with Crippen LogP contribution in [0, 0.1) is 6.07 Å². The molecule has 16 heavy (non-hydrogen) atoms. The van der Waals surface area contributed by atoms with Crippen molar-refractivity contribution in [2.45, 2.75) is 19.3 Å². The summed E-state index contributed by atoms with van der Waals surface area (Å²) in [5.74, 6) is 0. The Balaban J connectivity index is 2.28. The lowest BCUT2D eigenvalue weighted by Crippen LogP contribution is -2.25. The van der Waals surface area contributed by atoms with Crippen LogP contribution in [0.1, 0.15) is 25.0 Å². The number of anilines is 2. The summed E-state index contributed by atoms with van der Waals surface area (Å²) < 4.78 is 0. The molecule has 0 saturated carbocycles. The molecule has 0 fully saturated rings. The van der Waals surface area contributed by atoms with E-state index >= 15 is 0 Å². The van der Waals surface area contributed by atoms with E-state index in [0.29, 0.717) is 0 Å². The molecule has 1 aliphatic rings. The Morgan fingerprint density at radius 3 is 2.62 bits per heavy atom. The summed E-state index contributed by atoms with van der Waals surface area (Å²) in [6.45, 7) is 4.50. The zero-order valence-electron chi connectivity index (χ0n) is 9.54. The van der Waals surface area contributed by atoms with Gasteiger partial charge in [0, 0.05) is 16.8 Å². The Labute approximate surface area is 96.1 Å². The third-order valence-electron chi connectivity index (χ3n) is 3.35. The second-order valence-electron chi connectivity index (χ2n) is 4.75. The highest BCUT2D eigenvalue weighted by molar-refractivity contribution is 5.74. The Morgan fingerprint density at radius 1 is 1.00 bits per heavy atom. The Bertz CT molecular complexity index is 493. The average Bonchev–Trinajstić information content (AvgIpc) is 2.29. The molecule has 0 atom stereocenters. The zero-order valence-corrected chi connectivity index (χ0v) is 9.54. The standard InChI is InChI=1S/C15H14N/c1-15(2)11-7-3-5-9-13(11)16-14-10-6-4-8-12(14)15/h3-7,9-10,16H,1-2H3. The van der Waals surface area contributed by atoms with Gasteiger partial charge in [-0.15, -0.1) is 0 Å². The van der Waals surface area contributed by atoms with Gasteiger partial charge in [0.2, 0.25) is 0 Å². The maximum absolute atomic E-state index is 3.46. The molecule has 0 bridgehead atoms. The average molecular weight is 208 g/mol. The first kappa shape index (κ1) is 9.46. The summed E-state index contributed by atoms with van der Waals surface area (Å²) in [5, 5.41) is 3.46. The van der Waals surface area contributed by atoms with Gasteiger partial charge in [-0.3, -0.25) is 0 Å². The van der Waals surface area contributed by atoms with E-state index in [-0.39, 0.29) is 5.41 Å². The highest BCUT2D eigenvalue weighted by atomic mass is 14.9. The van der Waals surface area contributed by atoms with Crippen LogP contribution in [0.2, 0.25) is 0 Å². The molecule has 1 radical (unpaired) electrons. The molecule has 3 rings (SSSR count). The van der Waals surface area contributed by atoms with E-state index in [2.05, 4.69) is 55.6 Å². The van der Waals surface area contributed by atoms with Crippen molar-refractivity contribution in [3.63, 3.8) is 0 Å². The van der Waals surface area contributed by atoms with Gasteiger partial charge in [-0.25, -0.2) is 0 Å². The minimum absolute atomic E-state index is 0.0262. The van der Waals surface area contributed by atoms with Crippen LogP contribution in [0.25, 0.3) is 0 Å². The predicted octanol–water partition coefficient (Wildman–Crippen LogP) is 3.87. The van der Waals surface area contributed by atoms with Crippen LogP contribution < -0.4 is 5.32 Å². The summed E-state index contributed by atoms with van der Waals surface area (Å²) in [4.78, 5) is 0. The van der Waals surface area contributed by atoms with E-state index in [1.807, 2.05) is 12.1 Å². The summed E-state index contributed by atoms with van der Waals surface area (Å²) >= 11 is 0. The maximum Gasteiger partial charge on any atom is 0.0432 e. The van der Waals surface area contributed by atoms with Crippen molar-refractivity contribution in [2.75, 3.05) is 5.32 Å². The number of rotatable bonds is 0. The van der Waals surface area contributed by atoms with Gasteiger partial charge in [0.05, 0.1) is 0 Å². The zero-order chi connectivity index (χ0) is 11.2. The molecule has 2 aromatic rings. The van der Waals surface area contributed by atoms with Gasteiger partial charge in [-0.2, -0.15) is 0 Å². The van der Waals surface area contributed by atoms with Crippen LogP contribution in [-0.4, -0.2) is 0 Å². The van der Waals surface area contributed by atoms with Gasteiger partial charge < -0.3 is 5.32 Å². The van der Waals surface area contributed by atoms with Crippen LogP contribution in [-0.2, 0) is 5.41 Å². The van der Waals surface area contributed by atoms with E-state index in [1.54, 1.807) is 0 Å². The number of para-hydroxylation sites is 1. The van der Waals surface area contributed by atoms with Crippen molar-refractivity contribution >= 4 is 11.4 Å². The highest BCUT2D eigenvalue weighted by Crippen LogP contribution is 2.44. The van der Waals surface area contributed by atoms with Crippen molar-refractivity contribution in [1.29, 1.82) is 0 Å². The molecule has 0 aromatic heterocycles. The molecule has 0 spiro atoms. The Kier molecular flexibility index (Phi) is 1.84. The monoisotopic (exact) mass is 208 g/mol. The second kappa shape index (κ2) is 3.11. The smallest absolute Gasteiger partial charge is 0.0432 e. The molecular formula is C15H14N. The molecule has 2 aromatic carbocycles. The van der Waals surface area contributed by atoms with Gasteiger partial charge in [0.25, 0.3) is 0 Å². The lowest BCUT2D eigenvalue weighted by Gasteiger charge is -2.35. The number of hydrogen-bond acceptors (Lipinski definition) is 1. The Morgan fingerprint density at radius 2 is 1.75 bits per heavy atom. The van der Waals surface area contributed by atoms with Gasteiger partial charge in [-0.05, 0) is 29.3 Å². The topological polar surface area (TPSA) is 12.0 Å². The summed E-state index contributed by atoms with van der Waals surface area (Å²) in [5.41, 5.74) is 4.99. The van der Waals surface area contributed by atoms with E-state index in [0.717, 1.165) is 0 Å². The normalized spacial score (nSPS) is 15.9. The maximum atomic E-state index is 3.46. The second-order valence-corrected chi connectivity index (χ2v) is 4.75. The molecule has 79 valence electrons. The largest absolute Gasteiger partial charge is 0.355 e. The van der Waals surface area contributed by atoms with Crippen molar-refractivity contribution < 1.29 is 0 Å². The number of benzene rings is 2. The summed E-state index contributed by atoms with van der Waals surface area (Å²) in [6.07, 6.45) is 0. The lowest BCUT2D eigenvalue weighted by atomic mass is 9.74. The molecule has 1 N–H and O–H groups in total. The van der Waals surface area contributed by atoms with Crippen LogP contribution in [0.4, 0.5) is 11.4 Å². The molecule has 1 nitrogen and oxygen atoms in total. The van der Waals surface area contributed by atoms with Gasteiger partial charge in [0.1, 0.15) is 0 Å². The predicted molar refractivity (Wildman–Crippen MR) is 67.1 cm³/mol. The molecule has 0 aliphatic carbocycles. The van der Waals surface area contributed by atoms with Crippen molar-refractivity contribution in [3.8, 4) is 0 Å². The third kappa shape index (κ3) is 1.18. The molecule has 1 heterocycles. The fourth-order valence-electron chi connectivity index (χ4n) is 2.48. The molecule has 0 saturated heterocycles. The molecule has 1 aliphatic heterocycles. The van der Waals surface area contributed by atoms with Crippen LogP contribution in [0.3, 0.4) is 0 Å². The van der Waals surface area contributed by atoms with Crippen molar-refractivity contribution in [2.24, 2.45) is 0 Å². The molecular weight excluding hydrogens is 194 g/mol. The molecule has 0 amide bonds. The van der Waals surface area contributed by atoms with Crippen LogP contribution in [0.15, 0.2) is 42.5 Å². The summed E-state index contributed by atoms with van der Waals surface area (Å²) in [7, 11) is 0. The van der Waals surface area contributed by atoms with Crippen LogP contribution in [0.5, 0.6) is 0 Å². The van der Waals surface area contributed by atoms with Gasteiger partial charge >= 0.3 is 0 Å². The highest BCUT2D eigenvalue weighted by Gasteiger charge is 2.31. The van der Waals surface area contributed by atoms with E-state index in [4.69, 9.17) is 0 Å². The van der Waals surface area contributed by atoms with Crippen LogP contribution >= 0.6 is 0 Å². The summed E-state index contributed by atoms with van der Waals surface area (Å²) in [6, 6.07) is 18.0. The van der Waals surface area contributed by atoms with E-state index in [1.165, 1.54) is 22.5 Å². The minimum Gasteiger partial charge on any atom is -0.355 e. The Hall–Kier alpha value is -1.76. The first-order valence-electron chi connectivity index (χ1n) is 5.57. The number of hydrogen-bond donors (Lipinski definition) is 1. The van der Waals surface area contributed by atoms with Gasteiger partial charge in [0.15, 0.2) is 0 Å². The van der Waals surface area contributed by atoms with E-state index in [9.17, 15) is 0 Å². The fraction of sp³-hybridized carbons (Fsp3) is 0.200. The molecule has 0 unspecified atom stereocenters. The van der Waals surface area contributed by atoms with Gasteiger partial charge in [-0.1, -0.05) is 44.2 Å². The third-order valence-corrected chi connectivity index (χ3v) is 3.35. The minimum atomic E-state index is 0.0262. The van der Waals surface area contributed by atoms with Crippen molar-refractivity contribution in [3.05, 3.63) is 59.7 Å². The number of nitrogens with one attached hydrogen (secondary N) is 1. The fourth-order valence-corrected chi connectivity index (χ4v) is 2.48.